The largest absolute Gasteiger partial charge is 0.439 e. The van der Waals surface area contributed by atoms with Crippen LogP contribution >= 0.6 is 0 Å². The second-order valence-corrected chi connectivity index (χ2v) is 6.72. The smallest absolute Gasteiger partial charge is 0.209 e. The Morgan fingerprint density at radius 1 is 1.42 bits per heavy atom. The van der Waals surface area contributed by atoms with E-state index in [9.17, 15) is 8.42 Å². The fourth-order valence-electron chi connectivity index (χ4n) is 1.67. The predicted molar refractivity (Wildman–Crippen MR) is 73.7 cm³/mol. The van der Waals surface area contributed by atoms with Crippen LogP contribution in [0.25, 0.3) is 11.1 Å². The first kappa shape index (κ1) is 14.0. The Hall–Kier alpha value is -1.40. The molecule has 1 aromatic carbocycles. The lowest BCUT2D eigenvalue weighted by atomic mass is 10.3. The predicted octanol–water partition coefficient (Wildman–Crippen LogP) is 2.12. The lowest BCUT2D eigenvalue weighted by molar-refractivity contribution is 0.455. The number of benzene rings is 1. The van der Waals surface area contributed by atoms with Gasteiger partial charge < -0.3 is 9.73 Å². The van der Waals surface area contributed by atoms with Crippen LogP contribution in [0.5, 0.6) is 0 Å². The minimum atomic E-state index is -3.21. The molecule has 1 atom stereocenters. The van der Waals surface area contributed by atoms with Gasteiger partial charge in [-0.2, -0.15) is 0 Å². The molecule has 2 rings (SSSR count). The van der Waals surface area contributed by atoms with Gasteiger partial charge >= 0.3 is 0 Å². The van der Waals surface area contributed by atoms with Crippen LogP contribution in [-0.4, -0.2) is 25.7 Å². The van der Waals surface area contributed by atoms with Gasteiger partial charge in [-0.05, 0) is 31.5 Å². The van der Waals surface area contributed by atoms with Crippen molar-refractivity contribution >= 4 is 20.9 Å². The number of rotatable bonds is 5. The summed E-state index contributed by atoms with van der Waals surface area (Å²) >= 11 is 0. The highest BCUT2D eigenvalue weighted by Gasteiger charge is 2.12. The third-order valence-electron chi connectivity index (χ3n) is 3.05. The monoisotopic (exact) mass is 282 g/mol. The summed E-state index contributed by atoms with van der Waals surface area (Å²) in [6.45, 7) is 4.73. The fraction of sp³-hybridized carbons (Fsp3) is 0.462. The van der Waals surface area contributed by atoms with E-state index >= 15 is 0 Å². The highest BCUT2D eigenvalue weighted by atomic mass is 32.2. The van der Waals surface area contributed by atoms with Crippen molar-refractivity contribution in [2.24, 2.45) is 0 Å². The van der Waals surface area contributed by atoms with Gasteiger partial charge in [0.15, 0.2) is 15.4 Å². The first-order valence-electron chi connectivity index (χ1n) is 6.23. The van der Waals surface area contributed by atoms with Gasteiger partial charge in [0, 0.05) is 12.3 Å². The number of sulfone groups is 1. The lowest BCUT2D eigenvalue weighted by Crippen LogP contribution is -2.24. The molecule has 0 aliphatic rings. The molecule has 1 unspecified atom stereocenters. The first-order chi connectivity index (χ1) is 8.90. The topological polar surface area (TPSA) is 72.2 Å². The summed E-state index contributed by atoms with van der Waals surface area (Å²) in [4.78, 5) is 4.56. The maximum Gasteiger partial charge on any atom is 0.209 e. The van der Waals surface area contributed by atoms with Crippen LogP contribution in [0, 0.1) is 0 Å². The van der Waals surface area contributed by atoms with E-state index in [0.29, 0.717) is 29.6 Å². The van der Waals surface area contributed by atoms with E-state index in [-0.39, 0.29) is 4.90 Å². The van der Waals surface area contributed by atoms with E-state index in [4.69, 9.17) is 4.42 Å². The van der Waals surface area contributed by atoms with Crippen molar-refractivity contribution in [3.63, 3.8) is 0 Å². The second-order valence-electron chi connectivity index (χ2n) is 4.70. The van der Waals surface area contributed by atoms with Crippen LogP contribution < -0.4 is 5.32 Å². The summed E-state index contributed by atoms with van der Waals surface area (Å²) in [5.74, 6) is 0.570. The molecule has 2 aromatic rings. The maximum atomic E-state index is 11.5. The molecule has 0 amide bonds. The number of hydrogen-bond donors (Lipinski definition) is 1. The van der Waals surface area contributed by atoms with Crippen molar-refractivity contribution in [3.8, 4) is 0 Å². The maximum absolute atomic E-state index is 11.5. The van der Waals surface area contributed by atoms with Crippen molar-refractivity contribution in [2.45, 2.75) is 37.8 Å². The van der Waals surface area contributed by atoms with Crippen LogP contribution in [0.15, 0.2) is 27.5 Å². The van der Waals surface area contributed by atoms with E-state index < -0.39 is 9.84 Å². The van der Waals surface area contributed by atoms with E-state index in [0.717, 1.165) is 6.42 Å². The van der Waals surface area contributed by atoms with Crippen LogP contribution in [0.4, 0.5) is 0 Å². The average Bonchev–Trinajstić information content (AvgIpc) is 2.76. The summed E-state index contributed by atoms with van der Waals surface area (Å²) < 4.78 is 28.5. The number of aromatic nitrogens is 1. The third kappa shape index (κ3) is 3.33. The number of nitrogens with one attached hydrogen (secondary N) is 1. The quantitative estimate of drug-likeness (QED) is 0.909. The minimum Gasteiger partial charge on any atom is -0.439 e. The fourth-order valence-corrected chi connectivity index (χ4v) is 2.31. The van der Waals surface area contributed by atoms with Crippen LogP contribution in [0.1, 0.15) is 26.2 Å². The Kier molecular flexibility index (Phi) is 3.91. The molecule has 0 fully saturated rings. The van der Waals surface area contributed by atoms with E-state index in [2.05, 4.69) is 24.1 Å². The molecular weight excluding hydrogens is 264 g/mol. The van der Waals surface area contributed by atoms with Gasteiger partial charge in [0.05, 0.1) is 11.4 Å². The molecule has 0 radical (unpaired) electrons. The first-order valence-corrected chi connectivity index (χ1v) is 8.12. The van der Waals surface area contributed by atoms with Gasteiger partial charge in [0.25, 0.3) is 0 Å². The zero-order valence-corrected chi connectivity index (χ0v) is 12.1. The Morgan fingerprint density at radius 3 is 2.79 bits per heavy atom. The zero-order chi connectivity index (χ0) is 14.0. The molecule has 6 heteroatoms. The molecule has 0 bridgehead atoms. The molecule has 0 saturated heterocycles. The van der Waals surface area contributed by atoms with E-state index in [1.54, 1.807) is 12.1 Å². The van der Waals surface area contributed by atoms with Crippen molar-refractivity contribution in [2.75, 3.05) is 6.26 Å². The lowest BCUT2D eigenvalue weighted by Gasteiger charge is -2.07. The Labute approximate surface area is 112 Å². The average molecular weight is 282 g/mol. The Bertz CT molecular complexity index is 676. The van der Waals surface area contributed by atoms with Crippen molar-refractivity contribution in [1.29, 1.82) is 0 Å². The highest BCUT2D eigenvalue weighted by molar-refractivity contribution is 7.90. The minimum absolute atomic E-state index is 0.259. The van der Waals surface area contributed by atoms with Crippen molar-refractivity contribution in [1.82, 2.24) is 10.3 Å². The van der Waals surface area contributed by atoms with Gasteiger partial charge in [-0.25, -0.2) is 13.4 Å². The van der Waals surface area contributed by atoms with Gasteiger partial charge in [-0.1, -0.05) is 6.92 Å². The zero-order valence-electron chi connectivity index (χ0n) is 11.3. The Balaban J connectivity index is 2.26. The van der Waals surface area contributed by atoms with Gasteiger partial charge in [0.1, 0.15) is 5.52 Å². The molecule has 1 N–H and O–H groups in total. The van der Waals surface area contributed by atoms with Crippen LogP contribution in [0.2, 0.25) is 0 Å². The molecule has 1 heterocycles. The molecular formula is C13H18N2O3S. The molecule has 0 aliphatic carbocycles. The molecule has 0 saturated carbocycles. The number of nitrogens with zero attached hydrogens (tertiary/aromatic N) is 1. The van der Waals surface area contributed by atoms with E-state index in [1.165, 1.54) is 12.3 Å². The van der Waals surface area contributed by atoms with Crippen LogP contribution in [0.3, 0.4) is 0 Å². The highest BCUT2D eigenvalue weighted by Crippen LogP contribution is 2.20. The Morgan fingerprint density at radius 2 is 2.16 bits per heavy atom. The summed E-state index contributed by atoms with van der Waals surface area (Å²) in [6.07, 6.45) is 2.21. The van der Waals surface area contributed by atoms with Crippen molar-refractivity contribution < 1.29 is 12.8 Å². The number of hydrogen-bond acceptors (Lipinski definition) is 5. The van der Waals surface area contributed by atoms with Gasteiger partial charge in [-0.3, -0.25) is 0 Å². The molecule has 19 heavy (non-hydrogen) atoms. The van der Waals surface area contributed by atoms with Gasteiger partial charge in [0.2, 0.25) is 5.89 Å². The standard InChI is InChI=1S/C13H18N2O3S/c1-4-9(2)14-8-13-15-11-7-10(19(3,16)17)5-6-12(11)18-13/h5-7,9,14H,4,8H2,1-3H3. The SMILES string of the molecule is CCC(C)NCc1nc2cc(S(C)(=O)=O)ccc2o1. The molecule has 0 spiro atoms. The molecule has 104 valence electrons. The normalized spacial score (nSPS) is 13.8. The number of oxazole rings is 1. The summed E-state index contributed by atoms with van der Waals surface area (Å²) in [5.41, 5.74) is 1.18. The molecule has 5 nitrogen and oxygen atoms in total. The third-order valence-corrected chi connectivity index (χ3v) is 4.16. The van der Waals surface area contributed by atoms with Crippen molar-refractivity contribution in [3.05, 3.63) is 24.1 Å². The summed E-state index contributed by atoms with van der Waals surface area (Å²) in [5, 5.41) is 3.28. The molecule has 1 aromatic heterocycles. The van der Waals surface area contributed by atoms with E-state index in [1.807, 2.05) is 0 Å². The van der Waals surface area contributed by atoms with Crippen LogP contribution in [-0.2, 0) is 16.4 Å². The summed E-state index contributed by atoms with van der Waals surface area (Å²) in [7, 11) is -3.21. The molecule has 0 aliphatic heterocycles. The number of fused-ring (bicyclic) bond motifs is 1. The summed E-state index contributed by atoms with van der Waals surface area (Å²) in [6, 6.07) is 5.11. The second kappa shape index (κ2) is 5.30. The van der Waals surface area contributed by atoms with Gasteiger partial charge in [-0.15, -0.1) is 0 Å².